The molecule has 0 bridgehead atoms. The van der Waals surface area contributed by atoms with E-state index in [0.29, 0.717) is 24.2 Å². The van der Waals surface area contributed by atoms with Crippen LogP contribution < -0.4 is 15.4 Å². The van der Waals surface area contributed by atoms with Gasteiger partial charge in [-0.25, -0.2) is 22.2 Å². The minimum Gasteiger partial charge on any atom is -0.358 e. The fourth-order valence-electron chi connectivity index (χ4n) is 3.03. The molecule has 1 saturated heterocycles. The number of sulfonamides is 1. The van der Waals surface area contributed by atoms with Crippen LogP contribution in [0.5, 0.6) is 0 Å². The standard InChI is InChI=1S/C16H21FN6O3S.ClH/c1-10-5-11(17)3-4-15(10)27(25,26)20-7-12-9-23(22-21-12)13-6-14(19-8-13)16(24)18-2;/h3-5,9,13-14,19-20H,6-8H2,1-2H3,(H,18,24);1H/t13-,14+;/m1./s1. The van der Waals surface area contributed by atoms with Crippen molar-refractivity contribution in [1.29, 1.82) is 0 Å². The molecule has 2 heterocycles. The summed E-state index contributed by atoms with van der Waals surface area (Å²) in [5, 5.41) is 13.7. The minimum absolute atomic E-state index is 0. The third-order valence-electron chi connectivity index (χ3n) is 4.47. The van der Waals surface area contributed by atoms with Crippen molar-refractivity contribution in [1.82, 2.24) is 30.3 Å². The predicted octanol–water partition coefficient (Wildman–Crippen LogP) is 0.275. The van der Waals surface area contributed by atoms with Gasteiger partial charge >= 0.3 is 0 Å². The smallest absolute Gasteiger partial charge is 0.241 e. The SMILES string of the molecule is CNC(=O)[C@@H]1C[C@@H](n2cc(CNS(=O)(=O)c3ccc(F)cc3C)nn2)CN1.Cl. The topological polar surface area (TPSA) is 118 Å². The fraction of sp³-hybridized carbons (Fsp3) is 0.438. The van der Waals surface area contributed by atoms with Crippen molar-refractivity contribution in [3.8, 4) is 0 Å². The Morgan fingerprint density at radius 3 is 2.86 bits per heavy atom. The zero-order valence-electron chi connectivity index (χ0n) is 15.3. The first-order valence-electron chi connectivity index (χ1n) is 8.41. The molecule has 1 aromatic carbocycles. The Labute approximate surface area is 168 Å². The third-order valence-corrected chi connectivity index (χ3v) is 6.03. The molecular weight excluding hydrogens is 411 g/mol. The lowest BCUT2D eigenvalue weighted by atomic mass is 10.1. The first kappa shape index (κ1) is 22.2. The van der Waals surface area contributed by atoms with Gasteiger partial charge in [-0.2, -0.15) is 0 Å². The Hall–Kier alpha value is -2.08. The summed E-state index contributed by atoms with van der Waals surface area (Å²) in [5.74, 6) is -0.574. The molecule has 1 fully saturated rings. The number of benzene rings is 1. The van der Waals surface area contributed by atoms with Crippen molar-refractivity contribution in [2.45, 2.75) is 36.9 Å². The average Bonchev–Trinajstić information content (AvgIpc) is 3.28. The quantitative estimate of drug-likeness (QED) is 0.603. The lowest BCUT2D eigenvalue weighted by Crippen LogP contribution is -2.38. The van der Waals surface area contributed by atoms with Crippen LogP contribution in [0.3, 0.4) is 0 Å². The summed E-state index contributed by atoms with van der Waals surface area (Å²) in [6.07, 6.45) is 2.22. The van der Waals surface area contributed by atoms with Gasteiger partial charge in [0.2, 0.25) is 15.9 Å². The van der Waals surface area contributed by atoms with Crippen LogP contribution in [0.15, 0.2) is 29.3 Å². The summed E-state index contributed by atoms with van der Waals surface area (Å²) in [7, 11) is -2.21. The molecule has 2 atom stereocenters. The monoisotopic (exact) mass is 432 g/mol. The molecule has 0 saturated carbocycles. The number of nitrogens with one attached hydrogen (secondary N) is 3. The lowest BCUT2D eigenvalue weighted by molar-refractivity contribution is -0.122. The maximum Gasteiger partial charge on any atom is 0.241 e. The van der Waals surface area contributed by atoms with Crippen LogP contribution in [-0.2, 0) is 21.4 Å². The highest BCUT2D eigenvalue weighted by Crippen LogP contribution is 2.19. The highest BCUT2D eigenvalue weighted by Gasteiger charge is 2.30. The van der Waals surface area contributed by atoms with Crippen LogP contribution in [0.4, 0.5) is 4.39 Å². The van der Waals surface area contributed by atoms with E-state index in [2.05, 4.69) is 25.7 Å². The van der Waals surface area contributed by atoms with Crippen molar-refractivity contribution in [3.63, 3.8) is 0 Å². The molecule has 0 aliphatic carbocycles. The Bertz CT molecular complexity index is 952. The van der Waals surface area contributed by atoms with Gasteiger partial charge in [0.25, 0.3) is 0 Å². The van der Waals surface area contributed by atoms with E-state index >= 15 is 0 Å². The minimum atomic E-state index is -3.80. The number of rotatable bonds is 6. The molecule has 3 N–H and O–H groups in total. The van der Waals surface area contributed by atoms with Crippen molar-refractivity contribution in [3.05, 3.63) is 41.5 Å². The van der Waals surface area contributed by atoms with Crippen LogP contribution in [0.1, 0.15) is 23.7 Å². The first-order chi connectivity index (χ1) is 12.8. The summed E-state index contributed by atoms with van der Waals surface area (Å²) < 4.78 is 42.1. The van der Waals surface area contributed by atoms with Crippen LogP contribution in [-0.4, -0.2) is 49.0 Å². The van der Waals surface area contributed by atoms with E-state index in [4.69, 9.17) is 0 Å². The number of nitrogens with zero attached hydrogens (tertiary/aromatic N) is 3. The van der Waals surface area contributed by atoms with Gasteiger partial charge < -0.3 is 10.6 Å². The third kappa shape index (κ3) is 4.85. The molecule has 154 valence electrons. The van der Waals surface area contributed by atoms with Gasteiger partial charge in [0.05, 0.1) is 35.4 Å². The first-order valence-corrected chi connectivity index (χ1v) is 9.90. The second kappa shape index (κ2) is 8.95. The van der Waals surface area contributed by atoms with E-state index in [-0.39, 0.29) is 41.8 Å². The highest BCUT2D eigenvalue weighted by atomic mass is 35.5. The molecule has 0 spiro atoms. The normalized spacial score (nSPS) is 19.2. The molecule has 3 rings (SSSR count). The van der Waals surface area contributed by atoms with Gasteiger partial charge in [0.15, 0.2) is 0 Å². The Morgan fingerprint density at radius 1 is 1.43 bits per heavy atom. The van der Waals surface area contributed by atoms with E-state index in [9.17, 15) is 17.6 Å². The van der Waals surface area contributed by atoms with E-state index in [1.807, 2.05) is 0 Å². The molecule has 28 heavy (non-hydrogen) atoms. The van der Waals surface area contributed by atoms with Crippen molar-refractivity contribution >= 4 is 28.3 Å². The van der Waals surface area contributed by atoms with Crippen LogP contribution in [0.2, 0.25) is 0 Å². The Kier molecular flexibility index (Phi) is 7.10. The Balaban J connectivity index is 0.00000280. The fourth-order valence-corrected chi connectivity index (χ4v) is 4.25. The molecule has 2 aromatic rings. The van der Waals surface area contributed by atoms with Gasteiger partial charge in [-0.15, -0.1) is 17.5 Å². The number of halogens is 2. The molecule has 1 aliphatic heterocycles. The molecule has 1 amide bonds. The van der Waals surface area contributed by atoms with Crippen LogP contribution >= 0.6 is 12.4 Å². The van der Waals surface area contributed by atoms with Gasteiger partial charge in [-0.05, 0) is 37.1 Å². The molecular formula is C16H22ClFN6O3S. The number of likely N-dealkylation sites (N-methyl/N-ethyl adjacent to an activating group) is 1. The number of amides is 1. The van der Waals surface area contributed by atoms with Crippen LogP contribution in [0, 0.1) is 12.7 Å². The molecule has 0 radical (unpaired) electrons. The second-order valence-electron chi connectivity index (χ2n) is 6.39. The summed E-state index contributed by atoms with van der Waals surface area (Å²) in [6, 6.07) is 3.18. The van der Waals surface area contributed by atoms with E-state index in [1.54, 1.807) is 17.9 Å². The van der Waals surface area contributed by atoms with Crippen LogP contribution in [0.25, 0.3) is 0 Å². The molecule has 9 nitrogen and oxygen atoms in total. The van der Waals surface area contributed by atoms with E-state index in [1.165, 1.54) is 19.1 Å². The number of hydrogen-bond donors (Lipinski definition) is 3. The zero-order valence-corrected chi connectivity index (χ0v) is 17.0. The van der Waals surface area contributed by atoms with Gasteiger partial charge in [-0.1, -0.05) is 5.21 Å². The largest absolute Gasteiger partial charge is 0.358 e. The van der Waals surface area contributed by atoms with Crippen molar-refractivity contribution in [2.24, 2.45) is 0 Å². The lowest BCUT2D eigenvalue weighted by Gasteiger charge is -2.09. The maximum absolute atomic E-state index is 13.2. The van der Waals surface area contributed by atoms with Gasteiger partial charge in [0, 0.05) is 13.6 Å². The number of aromatic nitrogens is 3. The number of aryl methyl sites for hydroxylation is 1. The summed E-state index contributed by atoms with van der Waals surface area (Å²) >= 11 is 0. The zero-order chi connectivity index (χ0) is 19.6. The van der Waals surface area contributed by atoms with Crippen molar-refractivity contribution in [2.75, 3.05) is 13.6 Å². The molecule has 0 unspecified atom stereocenters. The highest BCUT2D eigenvalue weighted by molar-refractivity contribution is 7.89. The molecule has 1 aliphatic rings. The summed E-state index contributed by atoms with van der Waals surface area (Å²) in [4.78, 5) is 11.7. The number of carbonyl (C=O) groups is 1. The second-order valence-corrected chi connectivity index (χ2v) is 8.12. The molecule has 12 heteroatoms. The predicted molar refractivity (Wildman–Crippen MR) is 102 cm³/mol. The summed E-state index contributed by atoms with van der Waals surface area (Å²) in [6.45, 7) is 2.06. The van der Waals surface area contributed by atoms with Crippen molar-refractivity contribution < 1.29 is 17.6 Å². The van der Waals surface area contributed by atoms with Gasteiger partial charge in [0.1, 0.15) is 5.82 Å². The molecule has 1 aromatic heterocycles. The van der Waals surface area contributed by atoms with E-state index in [0.717, 1.165) is 6.07 Å². The number of hydrogen-bond acceptors (Lipinski definition) is 6. The van der Waals surface area contributed by atoms with E-state index < -0.39 is 15.8 Å². The Morgan fingerprint density at radius 2 is 2.18 bits per heavy atom. The summed E-state index contributed by atoms with van der Waals surface area (Å²) in [5.41, 5.74) is 0.769. The van der Waals surface area contributed by atoms with Gasteiger partial charge in [-0.3, -0.25) is 4.79 Å². The average molecular weight is 433 g/mol. The number of carbonyl (C=O) groups excluding carboxylic acids is 1. The maximum atomic E-state index is 13.2.